The van der Waals surface area contributed by atoms with E-state index in [-0.39, 0.29) is 6.04 Å². The number of rotatable bonds is 1. The number of aliphatic hydroxyl groups excluding tert-OH is 1. The van der Waals surface area contributed by atoms with Crippen molar-refractivity contribution in [2.45, 2.75) is 64.7 Å². The van der Waals surface area contributed by atoms with Crippen molar-refractivity contribution in [2.75, 3.05) is 0 Å². The first-order chi connectivity index (χ1) is 7.28. The molecule has 94 valence electrons. The summed E-state index contributed by atoms with van der Waals surface area (Å²) in [5.41, 5.74) is -0.489. The molecule has 0 aromatic rings. The van der Waals surface area contributed by atoms with E-state index in [1.807, 2.05) is 20.8 Å². The van der Waals surface area contributed by atoms with E-state index in [4.69, 9.17) is 4.74 Å². The molecule has 1 aliphatic rings. The highest BCUT2D eigenvalue weighted by Gasteiger charge is 2.29. The second-order valence-corrected chi connectivity index (χ2v) is 5.74. The fourth-order valence-corrected chi connectivity index (χ4v) is 1.98. The molecule has 0 bridgehead atoms. The molecule has 0 unspecified atom stereocenters. The quantitative estimate of drug-likeness (QED) is 0.723. The van der Waals surface area contributed by atoms with Crippen LogP contribution in [0.5, 0.6) is 0 Å². The van der Waals surface area contributed by atoms with Gasteiger partial charge >= 0.3 is 6.09 Å². The maximum Gasteiger partial charge on any atom is 0.407 e. The molecule has 0 saturated heterocycles. The molecule has 1 saturated carbocycles. The first-order valence-electron chi connectivity index (χ1n) is 5.95. The van der Waals surface area contributed by atoms with Crippen molar-refractivity contribution < 1.29 is 14.6 Å². The SMILES string of the molecule is C[C@@H]1CC[C@@H](NC(=O)OC(C)(C)C)[C@H](O)C1. The smallest absolute Gasteiger partial charge is 0.407 e. The minimum atomic E-state index is -0.489. The van der Waals surface area contributed by atoms with Gasteiger partial charge in [-0.15, -0.1) is 0 Å². The zero-order chi connectivity index (χ0) is 12.3. The minimum Gasteiger partial charge on any atom is -0.444 e. The minimum absolute atomic E-state index is 0.161. The standard InChI is InChI=1S/C12H23NO3/c1-8-5-6-9(10(14)7-8)13-11(15)16-12(2,3)4/h8-10,14H,5-7H2,1-4H3,(H,13,15)/t8-,9-,10-/m1/s1. The number of carbonyl (C=O) groups is 1. The van der Waals surface area contributed by atoms with Gasteiger partial charge in [-0.3, -0.25) is 0 Å². The Morgan fingerprint density at radius 2 is 2.00 bits per heavy atom. The Labute approximate surface area is 97.4 Å². The summed E-state index contributed by atoms with van der Waals surface area (Å²) in [7, 11) is 0. The highest BCUT2D eigenvalue weighted by molar-refractivity contribution is 5.68. The molecule has 4 nitrogen and oxygen atoms in total. The highest BCUT2D eigenvalue weighted by atomic mass is 16.6. The van der Waals surface area contributed by atoms with Gasteiger partial charge in [-0.2, -0.15) is 0 Å². The second kappa shape index (κ2) is 5.04. The van der Waals surface area contributed by atoms with E-state index in [0.717, 1.165) is 19.3 Å². The molecule has 0 radical (unpaired) electrons. The van der Waals surface area contributed by atoms with Crippen molar-refractivity contribution in [2.24, 2.45) is 5.92 Å². The molecule has 0 heterocycles. The lowest BCUT2D eigenvalue weighted by Crippen LogP contribution is -2.48. The fraction of sp³-hybridized carbons (Fsp3) is 0.917. The third kappa shape index (κ3) is 4.39. The summed E-state index contributed by atoms with van der Waals surface area (Å²) in [6.45, 7) is 7.59. The van der Waals surface area contributed by atoms with Gasteiger partial charge in [0.2, 0.25) is 0 Å². The highest BCUT2D eigenvalue weighted by Crippen LogP contribution is 2.24. The van der Waals surface area contributed by atoms with Gasteiger partial charge < -0.3 is 15.2 Å². The van der Waals surface area contributed by atoms with Crippen LogP contribution in [0.25, 0.3) is 0 Å². The van der Waals surface area contributed by atoms with Crippen LogP contribution in [-0.2, 0) is 4.74 Å². The first kappa shape index (κ1) is 13.3. The number of ether oxygens (including phenoxy) is 1. The lowest BCUT2D eigenvalue weighted by Gasteiger charge is -2.32. The molecule has 0 aromatic heterocycles. The number of nitrogens with one attached hydrogen (secondary N) is 1. The van der Waals surface area contributed by atoms with E-state index in [2.05, 4.69) is 12.2 Å². The average molecular weight is 229 g/mol. The Bertz CT molecular complexity index is 247. The molecule has 1 fully saturated rings. The van der Waals surface area contributed by atoms with Gasteiger partial charge in [0.1, 0.15) is 5.60 Å². The van der Waals surface area contributed by atoms with Crippen molar-refractivity contribution in [1.82, 2.24) is 5.32 Å². The average Bonchev–Trinajstić information content (AvgIpc) is 2.06. The number of hydrogen-bond donors (Lipinski definition) is 2. The number of amides is 1. The van der Waals surface area contributed by atoms with Crippen LogP contribution in [0.2, 0.25) is 0 Å². The zero-order valence-electron chi connectivity index (χ0n) is 10.6. The molecule has 3 atom stereocenters. The van der Waals surface area contributed by atoms with E-state index < -0.39 is 17.8 Å². The number of aliphatic hydroxyl groups is 1. The van der Waals surface area contributed by atoms with Gasteiger partial charge in [0.05, 0.1) is 12.1 Å². The molecule has 0 aromatic carbocycles. The molecule has 1 aliphatic carbocycles. The van der Waals surface area contributed by atoms with Crippen LogP contribution in [0, 0.1) is 5.92 Å². The molecule has 2 N–H and O–H groups in total. The third-order valence-electron chi connectivity index (χ3n) is 2.78. The predicted molar refractivity (Wildman–Crippen MR) is 62.2 cm³/mol. The van der Waals surface area contributed by atoms with Crippen molar-refractivity contribution >= 4 is 6.09 Å². The number of carbonyl (C=O) groups excluding carboxylic acids is 1. The summed E-state index contributed by atoms with van der Waals surface area (Å²) >= 11 is 0. The monoisotopic (exact) mass is 229 g/mol. The summed E-state index contributed by atoms with van der Waals surface area (Å²) in [6, 6.07) is -0.161. The Kier molecular flexibility index (Phi) is 4.19. The Morgan fingerprint density at radius 1 is 1.38 bits per heavy atom. The second-order valence-electron chi connectivity index (χ2n) is 5.74. The van der Waals surface area contributed by atoms with E-state index in [9.17, 15) is 9.90 Å². The van der Waals surface area contributed by atoms with Gasteiger partial charge in [-0.25, -0.2) is 4.79 Å². The molecule has 0 aliphatic heterocycles. The Hall–Kier alpha value is -0.770. The normalized spacial score (nSPS) is 30.9. The van der Waals surface area contributed by atoms with Crippen LogP contribution in [0.3, 0.4) is 0 Å². The van der Waals surface area contributed by atoms with Gasteiger partial charge in [0.25, 0.3) is 0 Å². The van der Waals surface area contributed by atoms with Crippen LogP contribution in [0.4, 0.5) is 4.79 Å². The van der Waals surface area contributed by atoms with Gasteiger partial charge in [0, 0.05) is 0 Å². The summed E-state index contributed by atoms with van der Waals surface area (Å²) in [5, 5.41) is 12.6. The molecule has 4 heteroatoms. The Balaban J connectivity index is 2.39. The molecular formula is C12H23NO3. The summed E-state index contributed by atoms with van der Waals surface area (Å²) < 4.78 is 5.15. The number of hydrogen-bond acceptors (Lipinski definition) is 3. The number of alkyl carbamates (subject to hydrolysis) is 1. The maximum atomic E-state index is 11.5. The van der Waals surface area contributed by atoms with Crippen LogP contribution < -0.4 is 5.32 Å². The van der Waals surface area contributed by atoms with Crippen molar-refractivity contribution in [3.8, 4) is 0 Å². The molecular weight excluding hydrogens is 206 g/mol. The largest absolute Gasteiger partial charge is 0.444 e. The van der Waals surface area contributed by atoms with Crippen LogP contribution >= 0.6 is 0 Å². The summed E-state index contributed by atoms with van der Waals surface area (Å²) in [6.07, 6.45) is 1.72. The van der Waals surface area contributed by atoms with E-state index in [1.165, 1.54) is 0 Å². The third-order valence-corrected chi connectivity index (χ3v) is 2.78. The zero-order valence-corrected chi connectivity index (χ0v) is 10.6. The van der Waals surface area contributed by atoms with Crippen molar-refractivity contribution in [3.05, 3.63) is 0 Å². The van der Waals surface area contributed by atoms with Crippen LogP contribution in [-0.4, -0.2) is 28.9 Å². The molecule has 1 amide bonds. The van der Waals surface area contributed by atoms with Crippen molar-refractivity contribution in [3.63, 3.8) is 0 Å². The van der Waals surface area contributed by atoms with Gasteiger partial charge in [0.15, 0.2) is 0 Å². The molecule has 0 spiro atoms. The van der Waals surface area contributed by atoms with Crippen LogP contribution in [0.15, 0.2) is 0 Å². The first-order valence-corrected chi connectivity index (χ1v) is 5.95. The topological polar surface area (TPSA) is 58.6 Å². The fourth-order valence-electron chi connectivity index (χ4n) is 1.98. The van der Waals surface area contributed by atoms with E-state index in [0.29, 0.717) is 5.92 Å². The van der Waals surface area contributed by atoms with E-state index >= 15 is 0 Å². The van der Waals surface area contributed by atoms with Gasteiger partial charge in [-0.05, 0) is 46.0 Å². The predicted octanol–water partition coefficient (Wildman–Crippen LogP) is 2.06. The lowest BCUT2D eigenvalue weighted by atomic mass is 9.85. The van der Waals surface area contributed by atoms with Gasteiger partial charge in [-0.1, -0.05) is 6.92 Å². The Morgan fingerprint density at radius 3 is 2.50 bits per heavy atom. The van der Waals surface area contributed by atoms with E-state index in [1.54, 1.807) is 0 Å². The molecule has 1 rings (SSSR count). The maximum absolute atomic E-state index is 11.5. The summed E-state index contributed by atoms with van der Waals surface area (Å²) in [5.74, 6) is 0.534. The lowest BCUT2D eigenvalue weighted by molar-refractivity contribution is 0.0310. The summed E-state index contributed by atoms with van der Waals surface area (Å²) in [4.78, 5) is 11.5. The van der Waals surface area contributed by atoms with Crippen molar-refractivity contribution in [1.29, 1.82) is 0 Å². The van der Waals surface area contributed by atoms with Crippen LogP contribution in [0.1, 0.15) is 47.0 Å². The molecule has 16 heavy (non-hydrogen) atoms.